The Bertz CT molecular complexity index is 6280. The molecule has 0 atom stereocenters. The largest absolute Gasteiger partial charge is 0.265 e. The molecule has 0 N–H and O–H groups in total. The normalized spacial score (nSPS) is 11.5. The van der Waals surface area contributed by atoms with Gasteiger partial charge in [0.05, 0.1) is 72.6 Å². The number of pyridine rings is 9. The lowest BCUT2D eigenvalue weighted by molar-refractivity contribution is 1.15. The van der Waals surface area contributed by atoms with Gasteiger partial charge in [0, 0.05) is 108 Å². The molecule has 0 saturated heterocycles. The molecule has 446 valence electrons. The van der Waals surface area contributed by atoms with E-state index in [9.17, 15) is 0 Å². The zero-order chi connectivity index (χ0) is 63.5. The van der Waals surface area contributed by atoms with Gasteiger partial charge in [-0.05, 0) is 148 Å². The monoisotopic (exact) mass is 1230 g/mol. The second kappa shape index (κ2) is 23.5. The molecule has 0 spiro atoms. The molecule has 0 saturated carbocycles. The van der Waals surface area contributed by atoms with E-state index in [4.69, 9.17) is 29.9 Å². The van der Waals surface area contributed by atoms with Crippen LogP contribution in [0.2, 0.25) is 0 Å². The molecule has 0 aliphatic heterocycles. The van der Waals surface area contributed by atoms with Gasteiger partial charge in [0.15, 0.2) is 5.82 Å². The van der Waals surface area contributed by atoms with E-state index < -0.39 is 0 Å². The lowest BCUT2D eigenvalue weighted by Gasteiger charge is -2.09. The van der Waals surface area contributed by atoms with Crippen LogP contribution in [0.1, 0.15) is 0 Å². The van der Waals surface area contributed by atoms with Gasteiger partial charge in [-0.15, -0.1) is 0 Å². The summed E-state index contributed by atoms with van der Waals surface area (Å²) in [6.45, 7) is 0. The summed E-state index contributed by atoms with van der Waals surface area (Å²) < 4.78 is 0. The predicted octanol–water partition coefficient (Wildman–Crippen LogP) is 20.4. The van der Waals surface area contributed by atoms with E-state index in [0.29, 0.717) is 5.82 Å². The van der Waals surface area contributed by atoms with E-state index in [2.05, 4.69) is 262 Å². The summed E-state index contributed by atoms with van der Waals surface area (Å²) in [5.74, 6) is 0.619. The van der Waals surface area contributed by atoms with Crippen molar-refractivity contribution in [1.82, 2.24) is 54.8 Å². The second-order valence-corrected chi connectivity index (χ2v) is 23.9. The predicted molar refractivity (Wildman–Crippen MR) is 390 cm³/mol. The van der Waals surface area contributed by atoms with Crippen LogP contribution in [0.15, 0.2) is 310 Å². The van der Waals surface area contributed by atoms with Crippen molar-refractivity contribution in [2.24, 2.45) is 0 Å². The van der Waals surface area contributed by atoms with E-state index in [1.54, 1.807) is 30.9 Å². The topological polar surface area (TPSA) is 142 Å². The van der Waals surface area contributed by atoms with Crippen molar-refractivity contribution < 1.29 is 0 Å². The highest BCUT2D eigenvalue weighted by atomic mass is 14.9. The zero-order valence-electron chi connectivity index (χ0n) is 51.4. The van der Waals surface area contributed by atoms with E-state index in [1.807, 2.05) is 42.7 Å². The summed E-state index contributed by atoms with van der Waals surface area (Å²) in [6, 6.07) is 94.6. The van der Waals surface area contributed by atoms with Crippen LogP contribution in [-0.2, 0) is 0 Å². The first-order valence-corrected chi connectivity index (χ1v) is 31.7. The quantitative estimate of drug-likeness (QED) is 0.134. The lowest BCUT2D eigenvalue weighted by atomic mass is 9.99. The van der Waals surface area contributed by atoms with Crippen LogP contribution in [-0.4, -0.2) is 54.8 Å². The molecule has 0 amide bonds. The maximum atomic E-state index is 5.07. The van der Waals surface area contributed by atoms with E-state index >= 15 is 0 Å². The van der Waals surface area contributed by atoms with Crippen molar-refractivity contribution in [3.05, 3.63) is 310 Å². The molecule has 11 nitrogen and oxygen atoms in total. The van der Waals surface area contributed by atoms with Crippen molar-refractivity contribution in [2.45, 2.75) is 0 Å². The maximum absolute atomic E-state index is 5.07. The Balaban J connectivity index is 0.000000141. The fourth-order valence-corrected chi connectivity index (χ4v) is 12.9. The van der Waals surface area contributed by atoms with Crippen LogP contribution in [0, 0.1) is 0 Å². The Morgan fingerprint density at radius 1 is 0.167 bits per heavy atom. The van der Waals surface area contributed by atoms with Crippen LogP contribution < -0.4 is 0 Å². The molecule has 0 radical (unpaired) electrons. The maximum Gasteiger partial charge on any atom is 0.178 e. The second-order valence-electron chi connectivity index (χ2n) is 23.9. The number of fused-ring (bicyclic) bond motifs is 11. The molecular weight excluding hydrogens is 1180 g/mol. The van der Waals surface area contributed by atoms with E-state index in [-0.39, 0.29) is 0 Å². The summed E-state index contributed by atoms with van der Waals surface area (Å²) in [5.41, 5.74) is 22.7. The van der Waals surface area contributed by atoms with E-state index in [0.717, 1.165) is 182 Å². The molecule has 0 bridgehead atoms. The van der Waals surface area contributed by atoms with Crippen molar-refractivity contribution in [3.8, 4) is 90.1 Å². The highest BCUT2D eigenvalue weighted by Gasteiger charge is 2.14. The van der Waals surface area contributed by atoms with Gasteiger partial charge in [0.25, 0.3) is 0 Å². The minimum Gasteiger partial charge on any atom is -0.265 e. The van der Waals surface area contributed by atoms with Gasteiger partial charge < -0.3 is 0 Å². The summed E-state index contributed by atoms with van der Waals surface area (Å²) in [7, 11) is 0. The van der Waals surface area contributed by atoms with Crippen LogP contribution in [0.3, 0.4) is 0 Å². The van der Waals surface area contributed by atoms with Gasteiger partial charge in [0.1, 0.15) is 5.69 Å². The number of hydrogen-bond donors (Lipinski definition) is 0. The first kappa shape index (κ1) is 55.6. The molecule has 19 rings (SSSR count). The Hall–Kier alpha value is -13.3. The molecule has 0 aliphatic rings. The molecule has 11 heteroatoms. The fourth-order valence-electron chi connectivity index (χ4n) is 12.9. The molecule has 10 aromatic heterocycles. The van der Waals surface area contributed by atoms with Gasteiger partial charge in [-0.25, -0.2) is 39.9 Å². The number of nitrogens with zero attached hydrogens (tertiary/aromatic N) is 11. The Labute approximate surface area is 550 Å². The zero-order valence-corrected chi connectivity index (χ0v) is 51.4. The Morgan fingerprint density at radius 3 is 1.01 bits per heavy atom. The van der Waals surface area contributed by atoms with Crippen molar-refractivity contribution in [2.75, 3.05) is 0 Å². The van der Waals surface area contributed by atoms with Gasteiger partial charge in [0.2, 0.25) is 0 Å². The number of hydrogen-bond acceptors (Lipinski definition) is 11. The van der Waals surface area contributed by atoms with E-state index in [1.165, 1.54) is 0 Å². The minimum absolute atomic E-state index is 0.619. The molecule has 0 unspecified atom stereocenters. The number of aromatic nitrogens is 11. The van der Waals surface area contributed by atoms with Crippen LogP contribution in [0.25, 0.3) is 188 Å². The Kier molecular flexibility index (Phi) is 13.6. The standard InChI is InChI=1S/C45H27N5.C40H24N6/c1-2-30-4-5-31-12-16-42(50-45(31)44(30)47-21-1)37-10-8-32-24-36(9-7-33(32)25-37)41-18-14-38-26-34(13-17-40(38)48-41)35-6-3-28-11-15-39(49-43(28)27-35)29-19-22-46-23-20-29;1-3-28-9-10-29-13-16-34(46-39(29)38(28)41-20-1)26-6-4-25(5-7-26)33-18-15-32-23-30(14-17-35(32)44-33)31-11-8-27-12-19-36(45-37(27)24-31)40-42-21-2-22-43-40/h1-27H;1-24H. The van der Waals surface area contributed by atoms with Gasteiger partial charge in [-0.2, -0.15) is 0 Å². The Morgan fingerprint density at radius 2 is 0.490 bits per heavy atom. The third-order valence-corrected chi connectivity index (χ3v) is 18.0. The van der Waals surface area contributed by atoms with Crippen molar-refractivity contribution >= 4 is 98.0 Å². The van der Waals surface area contributed by atoms with Crippen LogP contribution >= 0.6 is 0 Å². The van der Waals surface area contributed by atoms with Gasteiger partial charge in [-0.1, -0.05) is 158 Å². The van der Waals surface area contributed by atoms with Crippen LogP contribution in [0.5, 0.6) is 0 Å². The molecule has 10 heterocycles. The number of rotatable bonds is 8. The SMILES string of the molecule is c1cnc(-c2ccc3ccc(-c4ccc5nc(-c6ccc(-c7ccc8ccc9cccnc9c8n7)cc6)ccc5c4)cc3n2)nc1.c1cnc2c(c1)ccc1ccc(-c3ccc4cc(-c5ccc6cc(-c7ccc8ccc(-c9ccncc9)nc8c7)ccc6n5)ccc4c3)nc12. The van der Waals surface area contributed by atoms with Crippen molar-refractivity contribution in [3.63, 3.8) is 0 Å². The van der Waals surface area contributed by atoms with Crippen LogP contribution in [0.4, 0.5) is 0 Å². The summed E-state index contributed by atoms with van der Waals surface area (Å²) in [6.07, 6.45) is 10.7. The van der Waals surface area contributed by atoms with Gasteiger partial charge in [-0.3, -0.25) is 15.0 Å². The average Bonchev–Trinajstić information content (AvgIpc) is 0.815. The molecule has 9 aromatic carbocycles. The first-order valence-electron chi connectivity index (χ1n) is 31.7. The molecular formula is C85H51N11. The highest BCUT2D eigenvalue weighted by Crippen LogP contribution is 2.36. The summed E-state index contributed by atoms with van der Waals surface area (Å²) >= 11 is 0. The number of benzene rings is 9. The molecule has 96 heavy (non-hydrogen) atoms. The summed E-state index contributed by atoms with van der Waals surface area (Å²) in [4.78, 5) is 52.0. The molecule has 0 fully saturated rings. The highest BCUT2D eigenvalue weighted by molar-refractivity contribution is 6.05. The molecule has 19 aromatic rings. The smallest absolute Gasteiger partial charge is 0.178 e. The molecule has 0 aliphatic carbocycles. The third kappa shape index (κ3) is 10.5. The van der Waals surface area contributed by atoms with Gasteiger partial charge >= 0.3 is 0 Å². The average molecular weight is 1230 g/mol. The minimum atomic E-state index is 0.619. The van der Waals surface area contributed by atoms with Crippen molar-refractivity contribution in [1.29, 1.82) is 0 Å². The first-order chi connectivity index (χ1) is 47.5. The lowest BCUT2D eigenvalue weighted by Crippen LogP contribution is -1.91. The third-order valence-electron chi connectivity index (χ3n) is 18.0. The summed E-state index contributed by atoms with van der Waals surface area (Å²) in [5, 5.41) is 11.0. The fraction of sp³-hybridized carbons (Fsp3) is 0.